The number of hydrogen-bond acceptors (Lipinski definition) is 7. The molecular weight excluding hydrogens is 438 g/mol. The molecular formula is C26H33NO7. The standard InChI is InChI=1S/C26H33NO7/c1-17-13-25(20(29)33-23(2,3)4)16-26(14-17,21(30)32-15-18-11-9-8-10-12-18)27(19(25)28)22(31)34-24(5,6)7/h8-12H,1,13-16H2,2-7H3. The van der Waals surface area contributed by atoms with Crippen LogP contribution in [0.3, 0.4) is 0 Å². The maximum atomic E-state index is 13.8. The molecule has 0 spiro atoms. The lowest BCUT2D eigenvalue weighted by molar-refractivity contribution is -0.170. The SMILES string of the molecule is C=C1CC2(C(=O)OC(C)(C)C)CC(C(=O)OCc3ccccc3)(C1)N(C(=O)OC(C)(C)C)C2=O. The average Bonchev–Trinajstić information content (AvgIpc) is 2.88. The number of rotatable bonds is 4. The third kappa shape index (κ3) is 4.86. The van der Waals surface area contributed by atoms with Gasteiger partial charge in [-0.15, -0.1) is 0 Å². The van der Waals surface area contributed by atoms with Crippen molar-refractivity contribution in [2.75, 3.05) is 0 Å². The highest BCUT2D eigenvalue weighted by molar-refractivity contribution is 6.14. The molecule has 8 heteroatoms. The molecule has 2 amide bonds. The number of ether oxygens (including phenoxy) is 3. The van der Waals surface area contributed by atoms with Crippen molar-refractivity contribution in [2.45, 2.75) is 84.2 Å². The summed E-state index contributed by atoms with van der Waals surface area (Å²) < 4.78 is 16.6. The molecule has 2 bridgehead atoms. The van der Waals surface area contributed by atoms with Gasteiger partial charge < -0.3 is 14.2 Å². The maximum Gasteiger partial charge on any atom is 0.418 e. The van der Waals surface area contributed by atoms with Crippen LogP contribution in [0.2, 0.25) is 0 Å². The van der Waals surface area contributed by atoms with Crippen LogP contribution in [-0.4, -0.2) is 45.6 Å². The van der Waals surface area contributed by atoms with Crippen LogP contribution in [0.15, 0.2) is 42.5 Å². The van der Waals surface area contributed by atoms with Gasteiger partial charge in [0.25, 0.3) is 5.91 Å². The number of carbonyl (C=O) groups is 4. The molecule has 1 saturated heterocycles. The molecule has 2 unspecified atom stereocenters. The Morgan fingerprint density at radius 2 is 1.53 bits per heavy atom. The third-order valence-electron chi connectivity index (χ3n) is 5.69. The Kier molecular flexibility index (Phi) is 6.41. The molecule has 0 aromatic heterocycles. The van der Waals surface area contributed by atoms with Gasteiger partial charge in [-0.05, 0) is 53.5 Å². The van der Waals surface area contributed by atoms with Gasteiger partial charge in [0.1, 0.15) is 17.8 Å². The highest BCUT2D eigenvalue weighted by Crippen LogP contribution is 2.56. The van der Waals surface area contributed by atoms with E-state index in [-0.39, 0.29) is 25.9 Å². The molecule has 34 heavy (non-hydrogen) atoms. The second kappa shape index (κ2) is 8.56. The Labute approximate surface area is 200 Å². The molecule has 3 rings (SSSR count). The van der Waals surface area contributed by atoms with Gasteiger partial charge in [-0.3, -0.25) is 9.59 Å². The van der Waals surface area contributed by atoms with Crippen LogP contribution < -0.4 is 0 Å². The van der Waals surface area contributed by atoms with E-state index in [1.807, 2.05) is 18.2 Å². The van der Waals surface area contributed by atoms with E-state index < -0.39 is 46.1 Å². The van der Waals surface area contributed by atoms with Gasteiger partial charge in [0.05, 0.1) is 0 Å². The first-order valence-electron chi connectivity index (χ1n) is 11.3. The first-order valence-corrected chi connectivity index (χ1v) is 11.3. The van der Waals surface area contributed by atoms with Crippen LogP contribution in [0.25, 0.3) is 0 Å². The van der Waals surface area contributed by atoms with E-state index in [0.717, 1.165) is 10.5 Å². The maximum absolute atomic E-state index is 13.8. The van der Waals surface area contributed by atoms with E-state index in [1.54, 1.807) is 53.7 Å². The summed E-state index contributed by atoms with van der Waals surface area (Å²) in [7, 11) is 0. The van der Waals surface area contributed by atoms with Crippen LogP contribution in [0.5, 0.6) is 0 Å². The van der Waals surface area contributed by atoms with Gasteiger partial charge in [-0.25, -0.2) is 14.5 Å². The fraction of sp³-hybridized carbons (Fsp3) is 0.538. The van der Waals surface area contributed by atoms with Crippen LogP contribution in [0.1, 0.15) is 66.4 Å². The average molecular weight is 472 g/mol. The quantitative estimate of drug-likeness (QED) is 0.279. The van der Waals surface area contributed by atoms with Crippen molar-refractivity contribution in [3.8, 4) is 0 Å². The summed E-state index contributed by atoms with van der Waals surface area (Å²) in [6.07, 6.45) is -1.29. The number of imide groups is 1. The van der Waals surface area contributed by atoms with E-state index in [1.165, 1.54) is 0 Å². The van der Waals surface area contributed by atoms with Crippen molar-refractivity contribution in [2.24, 2.45) is 5.41 Å². The number of carbonyl (C=O) groups excluding carboxylic acids is 4. The molecule has 1 aliphatic heterocycles. The van der Waals surface area contributed by atoms with Gasteiger partial charge in [-0.2, -0.15) is 0 Å². The lowest BCUT2D eigenvalue weighted by Gasteiger charge is -2.38. The second-order valence-electron chi connectivity index (χ2n) is 11.1. The Morgan fingerprint density at radius 1 is 0.941 bits per heavy atom. The summed E-state index contributed by atoms with van der Waals surface area (Å²) in [5.74, 6) is -2.41. The van der Waals surface area contributed by atoms with Gasteiger partial charge in [0, 0.05) is 12.8 Å². The van der Waals surface area contributed by atoms with E-state index in [2.05, 4.69) is 6.58 Å². The summed E-state index contributed by atoms with van der Waals surface area (Å²) in [6, 6.07) is 9.04. The molecule has 1 aromatic carbocycles. The minimum absolute atomic E-state index is 0.0177. The number of esters is 2. The largest absolute Gasteiger partial charge is 0.459 e. The molecule has 8 nitrogen and oxygen atoms in total. The molecule has 1 heterocycles. The normalized spacial score (nSPS) is 24.6. The molecule has 2 aliphatic rings. The van der Waals surface area contributed by atoms with E-state index in [4.69, 9.17) is 14.2 Å². The fourth-order valence-electron chi connectivity index (χ4n) is 4.51. The van der Waals surface area contributed by atoms with Crippen molar-refractivity contribution in [1.29, 1.82) is 0 Å². The fourth-order valence-corrected chi connectivity index (χ4v) is 4.51. The lowest BCUT2D eigenvalue weighted by Crippen LogP contribution is -2.56. The van der Waals surface area contributed by atoms with Crippen molar-refractivity contribution in [3.05, 3.63) is 48.0 Å². The number of fused-ring (bicyclic) bond motifs is 2. The Hall–Kier alpha value is -3.16. The Bertz CT molecular complexity index is 1020. The van der Waals surface area contributed by atoms with E-state index in [0.29, 0.717) is 5.57 Å². The van der Waals surface area contributed by atoms with E-state index in [9.17, 15) is 19.2 Å². The van der Waals surface area contributed by atoms with Gasteiger partial charge in [-0.1, -0.05) is 42.5 Å². The Morgan fingerprint density at radius 3 is 2.09 bits per heavy atom. The zero-order valence-electron chi connectivity index (χ0n) is 20.7. The van der Waals surface area contributed by atoms with Gasteiger partial charge in [0.2, 0.25) is 0 Å². The first kappa shape index (κ1) is 25.5. The van der Waals surface area contributed by atoms with E-state index >= 15 is 0 Å². The number of nitrogens with zero attached hydrogens (tertiary/aromatic N) is 1. The summed E-state index contributed by atoms with van der Waals surface area (Å²) >= 11 is 0. The predicted molar refractivity (Wildman–Crippen MR) is 123 cm³/mol. The second-order valence-corrected chi connectivity index (χ2v) is 11.1. The number of likely N-dealkylation sites (tertiary alicyclic amines) is 1. The molecule has 1 aliphatic carbocycles. The summed E-state index contributed by atoms with van der Waals surface area (Å²) in [6.45, 7) is 13.9. The highest BCUT2D eigenvalue weighted by Gasteiger charge is 2.72. The molecule has 1 aromatic rings. The first-order chi connectivity index (χ1) is 15.6. The van der Waals surface area contributed by atoms with Crippen molar-refractivity contribution in [3.63, 3.8) is 0 Å². The van der Waals surface area contributed by atoms with Crippen LogP contribution in [0.4, 0.5) is 4.79 Å². The molecule has 0 radical (unpaired) electrons. The topological polar surface area (TPSA) is 99.2 Å². The van der Waals surface area contributed by atoms with Crippen molar-refractivity contribution in [1.82, 2.24) is 4.90 Å². The minimum atomic E-state index is -1.76. The smallest absolute Gasteiger partial charge is 0.418 e. The lowest BCUT2D eigenvalue weighted by atomic mass is 9.68. The number of hydrogen-bond donors (Lipinski definition) is 0. The third-order valence-corrected chi connectivity index (χ3v) is 5.69. The minimum Gasteiger partial charge on any atom is -0.459 e. The monoisotopic (exact) mass is 471 g/mol. The Balaban J connectivity index is 2.04. The molecule has 2 fully saturated rings. The predicted octanol–water partition coefficient (Wildman–Crippen LogP) is 4.31. The van der Waals surface area contributed by atoms with Crippen molar-refractivity contribution < 1.29 is 33.4 Å². The van der Waals surface area contributed by atoms with Crippen LogP contribution >= 0.6 is 0 Å². The number of amides is 2. The summed E-state index contributed by atoms with van der Waals surface area (Å²) in [5.41, 5.74) is -4.09. The highest BCUT2D eigenvalue weighted by atomic mass is 16.6. The van der Waals surface area contributed by atoms with Crippen molar-refractivity contribution >= 4 is 23.9 Å². The van der Waals surface area contributed by atoms with Crippen LogP contribution in [-0.2, 0) is 35.2 Å². The summed E-state index contributed by atoms with van der Waals surface area (Å²) in [5, 5.41) is 0. The van der Waals surface area contributed by atoms with Gasteiger partial charge >= 0.3 is 18.0 Å². The zero-order chi connectivity index (χ0) is 25.5. The molecule has 1 saturated carbocycles. The molecule has 2 atom stereocenters. The zero-order valence-corrected chi connectivity index (χ0v) is 20.7. The molecule has 0 N–H and O–H groups in total. The van der Waals surface area contributed by atoms with Gasteiger partial charge in [0.15, 0.2) is 11.0 Å². The molecule has 184 valence electrons. The van der Waals surface area contributed by atoms with Crippen LogP contribution in [0, 0.1) is 5.41 Å². The number of benzene rings is 1. The summed E-state index contributed by atoms with van der Waals surface area (Å²) in [4.78, 5) is 54.7.